The van der Waals surface area contributed by atoms with E-state index < -0.39 is 35.0 Å². The minimum Gasteiger partial charge on any atom is -0.381 e. The summed E-state index contributed by atoms with van der Waals surface area (Å²) in [6, 6.07) is 22.0. The monoisotopic (exact) mass is 1550 g/mol. The van der Waals surface area contributed by atoms with Gasteiger partial charge in [0.05, 0.1) is 76.0 Å². The third kappa shape index (κ3) is 29.6. The van der Waals surface area contributed by atoms with Crippen LogP contribution < -0.4 is 60.2 Å². The largest absolute Gasteiger partial charge is 0.381 e. The van der Waals surface area contributed by atoms with Crippen molar-refractivity contribution in [1.82, 2.24) is 25.3 Å². The first-order valence-corrected chi connectivity index (χ1v) is 36.3. The highest BCUT2D eigenvalue weighted by Crippen LogP contribution is 2.27. The van der Waals surface area contributed by atoms with Crippen LogP contribution in [0.4, 0.5) is 60.0 Å². The van der Waals surface area contributed by atoms with Crippen molar-refractivity contribution in [2.45, 2.75) is 90.6 Å². The summed E-state index contributed by atoms with van der Waals surface area (Å²) < 4.78 is 76.9. The zero-order chi connectivity index (χ0) is 76.7. The van der Waals surface area contributed by atoms with Crippen molar-refractivity contribution in [3.05, 3.63) is 146 Å². The highest BCUT2D eigenvalue weighted by atomic mass is 35.5. The Morgan fingerprint density at radius 2 is 0.886 bits per heavy atom. The zero-order valence-electron chi connectivity index (χ0n) is 59.1. The number of hydrogen-bond acceptors (Lipinski definition) is 11. The average molecular weight is 1550 g/mol. The molecule has 5 saturated heterocycles. The van der Waals surface area contributed by atoms with Gasteiger partial charge in [-0.3, -0.25) is 29.0 Å². The highest BCUT2D eigenvalue weighted by molar-refractivity contribution is 6.31. The van der Waals surface area contributed by atoms with Crippen LogP contribution in [0.25, 0.3) is 0 Å². The van der Waals surface area contributed by atoms with E-state index >= 15 is 0 Å². The maximum atomic E-state index is 13.5. The van der Waals surface area contributed by atoms with Gasteiger partial charge in [-0.25, -0.2) is 31.5 Å². The molecule has 10 rings (SSSR count). The Morgan fingerprint density at radius 1 is 0.514 bits per heavy atom. The zero-order valence-corrected chi connectivity index (χ0v) is 62.1. The number of nitrogens with one attached hydrogen (secondary N) is 7. The summed E-state index contributed by atoms with van der Waals surface area (Å²) in [4.78, 5) is 94.5. The number of halogens is 9. The number of rotatable bonds is 16. The van der Waals surface area contributed by atoms with E-state index in [0.717, 1.165) is 57.6 Å². The summed E-state index contributed by atoms with van der Waals surface area (Å²) in [7, 11) is 0. The molecule has 5 heterocycles. The van der Waals surface area contributed by atoms with Gasteiger partial charge in [-0.1, -0.05) is 73.2 Å². The topological polar surface area (TPSA) is 352 Å². The van der Waals surface area contributed by atoms with Crippen LogP contribution in [0.1, 0.15) is 78.6 Å². The SMILES string of the molecule is CC(C)CN=C(N)N1CCC[C@H](C(=O)Nc2ccc(Cl)c(F)c2)C1.CCCNC(=O)N1C[C@H]([NH3+])C[C@H](C(=O)Nc2cccc(F)c2)C1.NCCNC(=O)N1C[C@H]([NH3+])C[C@H](C(=O)Nc2ccc(Cl)c(F)c2)C1.O=C(Nc1ccc(Cl)c(F)c1)C1CCCOC1.O=C(Nc1ccc(Cl)c(F)c1)C1CCCOC1. The van der Waals surface area contributed by atoms with Crippen molar-refractivity contribution >= 4 is 122 Å². The number of likely N-dealkylation sites (tertiary alicyclic amines) is 3. The number of anilines is 5. The average Bonchev–Trinajstić information content (AvgIpc) is 0.862. The van der Waals surface area contributed by atoms with Gasteiger partial charge in [0, 0.05) is 107 Å². The second-order valence-corrected chi connectivity index (χ2v) is 28.0. The minimum absolute atomic E-state index is 0.000569. The Bertz CT molecular complexity index is 3650. The Kier molecular flexibility index (Phi) is 36.0. The number of carbonyl (C=O) groups is 7. The van der Waals surface area contributed by atoms with Gasteiger partial charge in [0.25, 0.3) is 0 Å². The summed E-state index contributed by atoms with van der Waals surface area (Å²) in [6.07, 6.45) is 7.04. The van der Waals surface area contributed by atoms with Gasteiger partial charge in [-0.2, -0.15) is 0 Å². The number of guanidine groups is 1. The van der Waals surface area contributed by atoms with Gasteiger partial charge >= 0.3 is 12.1 Å². The van der Waals surface area contributed by atoms with E-state index in [-0.39, 0.29) is 104 Å². The predicted molar refractivity (Wildman–Crippen MR) is 397 cm³/mol. The van der Waals surface area contributed by atoms with Gasteiger partial charge in [0.1, 0.15) is 41.2 Å². The lowest BCUT2D eigenvalue weighted by molar-refractivity contribution is -0.427. The number of nitrogens with zero attached hydrogens (tertiary/aromatic N) is 4. The second-order valence-electron chi connectivity index (χ2n) is 26.3. The fraction of sp³-hybridized carbons (Fsp3) is 0.472. The molecule has 5 aromatic carbocycles. The molecule has 0 aromatic heterocycles. The van der Waals surface area contributed by atoms with Crippen molar-refractivity contribution in [3.8, 4) is 0 Å². The molecule has 5 fully saturated rings. The number of amides is 9. The molecule has 24 nitrogen and oxygen atoms in total. The minimum atomic E-state index is -0.601. The van der Waals surface area contributed by atoms with E-state index in [1.54, 1.807) is 40.1 Å². The third-order valence-corrected chi connectivity index (χ3v) is 18.2. The molecule has 17 N–H and O–H groups in total. The number of nitrogens with two attached hydrogens (primary N) is 2. The quantitative estimate of drug-likeness (QED) is 0.0250. The van der Waals surface area contributed by atoms with Crippen LogP contribution in [-0.4, -0.2) is 166 Å². The molecule has 9 amide bonds. The molecule has 0 saturated carbocycles. The molecule has 0 radical (unpaired) electrons. The van der Waals surface area contributed by atoms with Crippen LogP contribution in [0.15, 0.2) is 102 Å². The number of benzene rings is 5. The molecule has 5 aliphatic rings. The van der Waals surface area contributed by atoms with Crippen LogP contribution in [0, 0.1) is 64.6 Å². The van der Waals surface area contributed by atoms with E-state index in [1.165, 1.54) is 60.7 Å². The van der Waals surface area contributed by atoms with Crippen molar-refractivity contribution in [3.63, 3.8) is 0 Å². The second kappa shape index (κ2) is 44.1. The van der Waals surface area contributed by atoms with Crippen molar-refractivity contribution in [2.75, 3.05) is 118 Å². The van der Waals surface area contributed by atoms with Gasteiger partial charge in [0.2, 0.25) is 29.5 Å². The lowest BCUT2D eigenvalue weighted by Gasteiger charge is -2.33. The number of piperidine rings is 3. The predicted octanol–water partition coefficient (Wildman–Crippen LogP) is 9.62. The van der Waals surface area contributed by atoms with Crippen molar-refractivity contribution in [1.29, 1.82) is 0 Å². The Morgan fingerprint density at radius 3 is 1.25 bits per heavy atom. The van der Waals surface area contributed by atoms with E-state index in [9.17, 15) is 55.5 Å². The van der Waals surface area contributed by atoms with Crippen LogP contribution in [0.2, 0.25) is 20.1 Å². The third-order valence-electron chi connectivity index (χ3n) is 17.0. The summed E-state index contributed by atoms with van der Waals surface area (Å²) in [6.45, 7) is 13.4. The smallest absolute Gasteiger partial charge is 0.317 e. The summed E-state index contributed by atoms with van der Waals surface area (Å²) in [5, 5.41) is 19.1. The number of carbonyl (C=O) groups excluding carboxylic acids is 7. The number of aliphatic imine (C=N–C) groups is 1. The van der Waals surface area contributed by atoms with Gasteiger partial charge in [-0.05, 0) is 142 Å². The molecule has 33 heteroatoms. The number of urea groups is 2. The van der Waals surface area contributed by atoms with E-state index in [4.69, 9.17) is 67.3 Å². The fourth-order valence-corrected chi connectivity index (χ4v) is 12.0. The summed E-state index contributed by atoms with van der Waals surface area (Å²) in [5.74, 6) is -3.86. The molecule has 0 aliphatic carbocycles. The lowest BCUT2D eigenvalue weighted by Crippen LogP contribution is -2.70. The van der Waals surface area contributed by atoms with Crippen LogP contribution in [-0.2, 0) is 33.4 Å². The normalized spacial score (nSPS) is 20.1. The van der Waals surface area contributed by atoms with Crippen molar-refractivity contribution < 1.29 is 76.5 Å². The van der Waals surface area contributed by atoms with E-state index in [2.05, 4.69) is 67.5 Å². The molecule has 2 unspecified atom stereocenters. The van der Waals surface area contributed by atoms with Gasteiger partial charge in [0.15, 0.2) is 5.96 Å². The molecule has 5 aromatic rings. The molecular weight excluding hydrogens is 1460 g/mol. The van der Waals surface area contributed by atoms with E-state index in [0.29, 0.717) is 132 Å². The first-order valence-electron chi connectivity index (χ1n) is 34.8. The molecule has 574 valence electrons. The lowest BCUT2D eigenvalue weighted by atomic mass is 9.94. The van der Waals surface area contributed by atoms with Gasteiger partial charge < -0.3 is 84.3 Å². The maximum Gasteiger partial charge on any atom is 0.317 e. The Hall–Kier alpha value is -8.13. The summed E-state index contributed by atoms with van der Waals surface area (Å²) in [5.41, 5.74) is 21.4. The number of hydrogen-bond donors (Lipinski definition) is 11. The van der Waals surface area contributed by atoms with Crippen LogP contribution >= 0.6 is 46.4 Å². The Balaban J connectivity index is 0.000000207. The molecule has 0 spiro atoms. The van der Waals surface area contributed by atoms with Gasteiger partial charge in [-0.15, -0.1) is 0 Å². The fourth-order valence-electron chi connectivity index (χ4n) is 11.5. The number of quaternary nitrogens is 2. The first-order chi connectivity index (χ1) is 50.1. The molecular formula is C72H96Cl4F5N15O9+2. The molecule has 105 heavy (non-hydrogen) atoms. The standard InChI is InChI=1S/C17H24ClFN4O.C16H23FN4O2.C15H21ClFN5O2.2C12H13ClFNO2/c1-11(2)9-21-17(20)23-7-3-4-12(10-23)16(24)22-13-5-6-14(18)15(19)8-13;1-2-6-19-16(23)21-9-11(7-13(18)10-21)15(22)20-14-5-3-4-12(17)8-14;16-12-2-1-11(6-13(12)17)21-14(23)9-5-10(19)8-22(7-9)15(24)20-4-3-18;2*13-10-4-3-9(6-11(10)14)15-12(16)8-2-1-5-17-7-8/h5-6,8,11-12H,3-4,7,9-10H2,1-2H3,(H2,20,21)(H,22,24);3-5,8,11,13H,2,6-7,9-10,18H2,1H3,(H,19,23)(H,20,22);1-2,6,9-10H,3-5,7-8,18-19H2,(H,20,24)(H,21,23);2*3-4,6,8H,1-2,5,7H2,(H,15,16)/p+2/t12-;11-,13+;9-,10+;;/m000../s1. The van der Waals surface area contributed by atoms with Crippen LogP contribution in [0.5, 0.6) is 0 Å². The van der Waals surface area contributed by atoms with E-state index in [1.807, 2.05) is 11.8 Å². The molecule has 7 atom stereocenters. The first kappa shape index (κ1) is 85.8. The summed E-state index contributed by atoms with van der Waals surface area (Å²) >= 11 is 22.4. The molecule has 5 aliphatic heterocycles. The number of ether oxygens (including phenoxy) is 2. The maximum absolute atomic E-state index is 13.5. The highest BCUT2D eigenvalue weighted by Gasteiger charge is 2.36. The van der Waals surface area contributed by atoms with Crippen LogP contribution in [0.3, 0.4) is 0 Å². The molecule has 0 bridgehead atoms. The Labute approximate surface area is 628 Å². The van der Waals surface area contributed by atoms with Crippen molar-refractivity contribution in [2.24, 2.45) is 52.0 Å².